The second-order valence-corrected chi connectivity index (χ2v) is 5.66. The molecule has 0 bridgehead atoms. The highest BCUT2D eigenvalue weighted by Gasteiger charge is 2.16. The summed E-state index contributed by atoms with van der Waals surface area (Å²) in [5.41, 5.74) is 0.979. The molecule has 1 aromatic heterocycles. The fourth-order valence-corrected chi connectivity index (χ4v) is 2.76. The molecule has 1 amide bonds. The van der Waals surface area contributed by atoms with E-state index in [1.807, 2.05) is 24.3 Å². The molecule has 1 atom stereocenters. The van der Waals surface area contributed by atoms with Crippen molar-refractivity contribution in [1.29, 1.82) is 0 Å². The van der Waals surface area contributed by atoms with Crippen molar-refractivity contribution in [2.45, 2.75) is 18.8 Å². The summed E-state index contributed by atoms with van der Waals surface area (Å²) in [6, 6.07) is 7.95. The maximum atomic E-state index is 11.6. The molecule has 1 aromatic carbocycles. The molecular weight excluding hydrogens is 256 g/mol. The van der Waals surface area contributed by atoms with E-state index in [0.717, 1.165) is 15.2 Å². The predicted octanol–water partition coefficient (Wildman–Crippen LogP) is 2.88. The fraction of sp³-hybridized carbons (Fsp3) is 0.333. The molecule has 0 fully saturated rings. The first-order chi connectivity index (χ1) is 8.08. The van der Waals surface area contributed by atoms with E-state index in [1.165, 1.54) is 0 Å². The van der Waals surface area contributed by atoms with Crippen molar-refractivity contribution >= 4 is 39.1 Å². The Balaban J connectivity index is 2.16. The second kappa shape index (κ2) is 5.02. The minimum atomic E-state index is -0.491. The largest absolute Gasteiger partial charge is 0.338 e. The highest BCUT2D eigenvalue weighted by Crippen LogP contribution is 2.22. The van der Waals surface area contributed by atoms with Gasteiger partial charge in [0.1, 0.15) is 10.4 Å². The Morgan fingerprint density at radius 1 is 1.53 bits per heavy atom. The molecule has 0 saturated carbocycles. The van der Waals surface area contributed by atoms with E-state index in [2.05, 4.69) is 4.98 Å². The summed E-state index contributed by atoms with van der Waals surface area (Å²) in [5.74, 6) is -0.0778. The fourth-order valence-electron chi connectivity index (χ4n) is 1.57. The van der Waals surface area contributed by atoms with Gasteiger partial charge in [0.15, 0.2) is 0 Å². The first-order valence-electron chi connectivity index (χ1n) is 5.31. The molecule has 1 heterocycles. The van der Waals surface area contributed by atoms with E-state index in [9.17, 15) is 4.79 Å². The number of benzene rings is 1. The number of carbonyl (C=O) groups is 1. The third-order valence-electron chi connectivity index (χ3n) is 2.43. The van der Waals surface area contributed by atoms with Crippen molar-refractivity contribution in [3.05, 3.63) is 29.3 Å². The maximum Gasteiger partial charge on any atom is 0.240 e. The molecule has 0 aliphatic heterocycles. The van der Waals surface area contributed by atoms with Gasteiger partial charge < -0.3 is 4.90 Å². The minimum absolute atomic E-state index is 0.0778. The smallest absolute Gasteiger partial charge is 0.240 e. The molecule has 0 N–H and O–H groups in total. The Morgan fingerprint density at radius 2 is 2.24 bits per heavy atom. The molecule has 90 valence electrons. The SMILES string of the molecule is C[C@@H](Cl)C(=O)N(C)Cc1nc2ccccc2s1. The number of halogens is 1. The van der Waals surface area contributed by atoms with Gasteiger partial charge in [-0.3, -0.25) is 4.79 Å². The molecule has 0 aliphatic carbocycles. The van der Waals surface area contributed by atoms with Crippen LogP contribution in [-0.4, -0.2) is 28.2 Å². The monoisotopic (exact) mass is 268 g/mol. The number of hydrogen-bond acceptors (Lipinski definition) is 3. The van der Waals surface area contributed by atoms with Gasteiger partial charge in [0, 0.05) is 7.05 Å². The van der Waals surface area contributed by atoms with Crippen LogP contribution in [0, 0.1) is 0 Å². The van der Waals surface area contributed by atoms with Crippen LogP contribution in [0.3, 0.4) is 0 Å². The Morgan fingerprint density at radius 3 is 2.88 bits per heavy atom. The van der Waals surface area contributed by atoms with Crippen LogP contribution in [0.15, 0.2) is 24.3 Å². The van der Waals surface area contributed by atoms with Crippen molar-refractivity contribution in [3.63, 3.8) is 0 Å². The molecule has 0 aliphatic rings. The highest BCUT2D eigenvalue weighted by atomic mass is 35.5. The van der Waals surface area contributed by atoms with Gasteiger partial charge in [-0.15, -0.1) is 22.9 Å². The number of aromatic nitrogens is 1. The molecule has 0 spiro atoms. The highest BCUT2D eigenvalue weighted by molar-refractivity contribution is 7.18. The minimum Gasteiger partial charge on any atom is -0.338 e. The van der Waals surface area contributed by atoms with Crippen LogP contribution in [0.5, 0.6) is 0 Å². The zero-order valence-corrected chi connectivity index (χ0v) is 11.3. The lowest BCUT2D eigenvalue weighted by Gasteiger charge is -2.16. The lowest BCUT2D eigenvalue weighted by Crippen LogP contribution is -2.31. The van der Waals surface area contributed by atoms with Gasteiger partial charge >= 0.3 is 0 Å². The Kier molecular flexibility index (Phi) is 3.64. The van der Waals surface area contributed by atoms with Crippen LogP contribution >= 0.6 is 22.9 Å². The number of hydrogen-bond donors (Lipinski definition) is 0. The first-order valence-corrected chi connectivity index (χ1v) is 6.56. The van der Waals surface area contributed by atoms with E-state index in [4.69, 9.17) is 11.6 Å². The zero-order valence-electron chi connectivity index (χ0n) is 9.68. The van der Waals surface area contributed by atoms with Gasteiger partial charge in [-0.25, -0.2) is 4.98 Å². The average molecular weight is 269 g/mol. The normalized spacial score (nSPS) is 12.6. The topological polar surface area (TPSA) is 33.2 Å². The van der Waals surface area contributed by atoms with E-state index in [1.54, 1.807) is 30.2 Å². The lowest BCUT2D eigenvalue weighted by atomic mass is 10.3. The molecule has 3 nitrogen and oxygen atoms in total. The summed E-state index contributed by atoms with van der Waals surface area (Å²) in [4.78, 5) is 17.7. The zero-order chi connectivity index (χ0) is 12.4. The predicted molar refractivity (Wildman–Crippen MR) is 71.4 cm³/mol. The van der Waals surface area contributed by atoms with Crippen molar-refractivity contribution in [2.24, 2.45) is 0 Å². The molecule has 0 unspecified atom stereocenters. The van der Waals surface area contributed by atoms with Crippen molar-refractivity contribution in [2.75, 3.05) is 7.05 Å². The lowest BCUT2D eigenvalue weighted by molar-refractivity contribution is -0.129. The van der Waals surface area contributed by atoms with Crippen LogP contribution < -0.4 is 0 Å². The third-order valence-corrected chi connectivity index (χ3v) is 3.63. The van der Waals surface area contributed by atoms with Gasteiger partial charge in [0.05, 0.1) is 16.8 Å². The van der Waals surface area contributed by atoms with E-state index < -0.39 is 5.38 Å². The van der Waals surface area contributed by atoms with E-state index in [0.29, 0.717) is 6.54 Å². The summed E-state index contributed by atoms with van der Waals surface area (Å²) < 4.78 is 1.14. The first kappa shape index (κ1) is 12.3. The van der Waals surface area contributed by atoms with Crippen molar-refractivity contribution in [1.82, 2.24) is 9.88 Å². The number of carbonyl (C=O) groups excluding carboxylic acids is 1. The number of thiazole rings is 1. The number of amides is 1. The summed E-state index contributed by atoms with van der Waals surface area (Å²) in [7, 11) is 1.74. The van der Waals surface area contributed by atoms with Gasteiger partial charge in [-0.1, -0.05) is 12.1 Å². The maximum absolute atomic E-state index is 11.6. The van der Waals surface area contributed by atoms with Crippen LogP contribution in [0.25, 0.3) is 10.2 Å². The van der Waals surface area contributed by atoms with Gasteiger partial charge in [-0.2, -0.15) is 0 Å². The van der Waals surface area contributed by atoms with Crippen molar-refractivity contribution in [3.8, 4) is 0 Å². The van der Waals surface area contributed by atoms with E-state index >= 15 is 0 Å². The molecule has 0 saturated heterocycles. The van der Waals surface area contributed by atoms with Crippen LogP contribution in [0.1, 0.15) is 11.9 Å². The number of nitrogens with zero attached hydrogens (tertiary/aromatic N) is 2. The third kappa shape index (κ3) is 2.76. The van der Waals surface area contributed by atoms with Crippen LogP contribution in [0.2, 0.25) is 0 Å². The van der Waals surface area contributed by atoms with E-state index in [-0.39, 0.29) is 5.91 Å². The molecule has 17 heavy (non-hydrogen) atoms. The summed E-state index contributed by atoms with van der Waals surface area (Å²) >= 11 is 7.37. The standard InChI is InChI=1S/C12H13ClN2OS/c1-8(13)12(16)15(2)7-11-14-9-5-3-4-6-10(9)17-11/h3-6,8H,7H2,1-2H3/t8-/m1/s1. The molecule has 2 aromatic rings. The number of para-hydroxylation sites is 1. The second-order valence-electron chi connectivity index (χ2n) is 3.89. The van der Waals surface area contributed by atoms with Gasteiger partial charge in [0.2, 0.25) is 5.91 Å². The van der Waals surface area contributed by atoms with Gasteiger partial charge in [0.25, 0.3) is 0 Å². The number of fused-ring (bicyclic) bond motifs is 1. The Labute approximate surface area is 109 Å². The van der Waals surface area contributed by atoms with Crippen LogP contribution in [0.4, 0.5) is 0 Å². The Hall–Kier alpha value is -1.13. The molecular formula is C12H13ClN2OS. The molecule has 5 heteroatoms. The Bertz CT molecular complexity index is 505. The molecule has 0 radical (unpaired) electrons. The van der Waals surface area contributed by atoms with Crippen LogP contribution in [-0.2, 0) is 11.3 Å². The van der Waals surface area contributed by atoms with Crippen molar-refractivity contribution < 1.29 is 4.79 Å². The number of rotatable bonds is 3. The molecule has 2 rings (SSSR count). The summed E-state index contributed by atoms with van der Waals surface area (Å²) in [6.45, 7) is 2.19. The summed E-state index contributed by atoms with van der Waals surface area (Å²) in [5, 5.41) is 0.439. The number of alkyl halides is 1. The average Bonchev–Trinajstić information content (AvgIpc) is 2.69. The summed E-state index contributed by atoms with van der Waals surface area (Å²) in [6.07, 6.45) is 0. The quantitative estimate of drug-likeness (QED) is 0.802. The van der Waals surface area contributed by atoms with Gasteiger partial charge in [-0.05, 0) is 19.1 Å².